The average Bonchev–Trinajstić information content (AvgIpc) is 2.88. The van der Waals surface area contributed by atoms with Gasteiger partial charge < -0.3 is 19.5 Å². The number of rotatable bonds is 9. The maximum absolute atomic E-state index is 12.4. The van der Waals surface area contributed by atoms with E-state index in [0.29, 0.717) is 28.2 Å². The Morgan fingerprint density at radius 1 is 0.857 bits per heavy atom. The van der Waals surface area contributed by atoms with Crippen molar-refractivity contribution >= 4 is 24.0 Å². The normalized spacial score (nSPS) is 10.5. The molecular weight excluding hydrogens is 450 g/mol. The van der Waals surface area contributed by atoms with Crippen molar-refractivity contribution < 1.29 is 28.6 Å². The minimum Gasteiger partial charge on any atom is -0.497 e. The molecule has 9 heteroatoms. The van der Waals surface area contributed by atoms with Crippen LogP contribution in [0.5, 0.6) is 17.2 Å². The summed E-state index contributed by atoms with van der Waals surface area (Å²) in [6.07, 6.45) is 1.40. The molecule has 0 aliphatic rings. The molecule has 2 N–H and O–H groups in total. The van der Waals surface area contributed by atoms with Crippen LogP contribution in [0.1, 0.15) is 31.8 Å². The number of carbonyl (C=O) groups excluding carboxylic acids is 3. The molecule has 3 aromatic carbocycles. The lowest BCUT2D eigenvalue weighted by molar-refractivity contribution is -0.120. The van der Waals surface area contributed by atoms with Gasteiger partial charge in [0.05, 0.1) is 32.5 Å². The van der Waals surface area contributed by atoms with E-state index in [1.807, 2.05) is 19.1 Å². The second-order valence-electron chi connectivity index (χ2n) is 7.37. The van der Waals surface area contributed by atoms with Gasteiger partial charge in [-0.15, -0.1) is 0 Å². The number of hydrogen-bond donors (Lipinski definition) is 2. The number of benzene rings is 3. The molecule has 0 spiro atoms. The molecule has 0 fully saturated rings. The van der Waals surface area contributed by atoms with Crippen molar-refractivity contribution in [3.63, 3.8) is 0 Å². The second kappa shape index (κ2) is 12.0. The van der Waals surface area contributed by atoms with Crippen LogP contribution in [0.2, 0.25) is 0 Å². The number of nitrogens with one attached hydrogen (secondary N) is 2. The van der Waals surface area contributed by atoms with Crippen LogP contribution in [0.25, 0.3) is 0 Å². The van der Waals surface area contributed by atoms with Crippen LogP contribution in [-0.2, 0) is 4.79 Å². The third-order valence-corrected chi connectivity index (χ3v) is 4.84. The maximum Gasteiger partial charge on any atom is 0.343 e. The summed E-state index contributed by atoms with van der Waals surface area (Å²) in [4.78, 5) is 36.5. The molecule has 3 aromatic rings. The summed E-state index contributed by atoms with van der Waals surface area (Å²) in [7, 11) is 2.98. The summed E-state index contributed by atoms with van der Waals surface area (Å²) < 4.78 is 15.8. The van der Waals surface area contributed by atoms with Crippen molar-refractivity contribution in [1.29, 1.82) is 0 Å². The van der Waals surface area contributed by atoms with Gasteiger partial charge in [0.2, 0.25) is 0 Å². The first-order valence-electron chi connectivity index (χ1n) is 10.6. The number of hydrogen-bond acceptors (Lipinski definition) is 7. The highest BCUT2D eigenvalue weighted by molar-refractivity contribution is 5.96. The Balaban J connectivity index is 1.52. The third kappa shape index (κ3) is 7.16. The quantitative estimate of drug-likeness (QED) is 0.213. The second-order valence-corrected chi connectivity index (χ2v) is 7.37. The van der Waals surface area contributed by atoms with E-state index < -0.39 is 17.8 Å². The number of ether oxygens (including phenoxy) is 3. The monoisotopic (exact) mass is 475 g/mol. The van der Waals surface area contributed by atoms with Gasteiger partial charge >= 0.3 is 5.97 Å². The minimum absolute atomic E-state index is 0.250. The van der Waals surface area contributed by atoms with Gasteiger partial charge in [0.15, 0.2) is 11.5 Å². The number of carbonyl (C=O) groups is 3. The Kier molecular flexibility index (Phi) is 8.55. The fourth-order valence-electron chi connectivity index (χ4n) is 2.92. The lowest BCUT2D eigenvalue weighted by atomic mass is 10.1. The van der Waals surface area contributed by atoms with E-state index in [0.717, 1.165) is 5.56 Å². The molecule has 0 radical (unpaired) electrons. The van der Waals surface area contributed by atoms with Crippen molar-refractivity contribution in [2.24, 2.45) is 5.10 Å². The molecule has 0 unspecified atom stereocenters. The van der Waals surface area contributed by atoms with E-state index in [1.165, 1.54) is 20.4 Å². The lowest BCUT2D eigenvalue weighted by Crippen LogP contribution is -2.34. The number of aryl methyl sites for hydroxylation is 1. The van der Waals surface area contributed by atoms with E-state index in [-0.39, 0.29) is 12.3 Å². The Labute approximate surface area is 202 Å². The number of hydrazone groups is 1. The first kappa shape index (κ1) is 25.0. The van der Waals surface area contributed by atoms with Crippen molar-refractivity contribution in [2.75, 3.05) is 20.8 Å². The highest BCUT2D eigenvalue weighted by Gasteiger charge is 2.13. The Morgan fingerprint density at radius 3 is 2.20 bits per heavy atom. The summed E-state index contributed by atoms with van der Waals surface area (Å²) in [6.45, 7) is 1.68. The lowest BCUT2D eigenvalue weighted by Gasteiger charge is -2.10. The SMILES string of the molecule is COc1ccc(C(=O)NCC(=O)NN=Cc2ccc(OC(=O)c3ccc(C)cc3)c(OC)c2)cc1. The van der Waals surface area contributed by atoms with Gasteiger partial charge in [0, 0.05) is 5.56 Å². The maximum atomic E-state index is 12.4. The van der Waals surface area contributed by atoms with Crippen LogP contribution in [0.3, 0.4) is 0 Å². The highest BCUT2D eigenvalue weighted by Crippen LogP contribution is 2.28. The zero-order valence-corrected chi connectivity index (χ0v) is 19.5. The van der Waals surface area contributed by atoms with Gasteiger partial charge in [-0.25, -0.2) is 10.2 Å². The molecule has 0 aliphatic heterocycles. The molecule has 0 atom stereocenters. The summed E-state index contributed by atoms with van der Waals surface area (Å²) in [6, 6.07) is 18.4. The molecule has 3 rings (SSSR count). The Hall–Kier alpha value is -4.66. The fourth-order valence-corrected chi connectivity index (χ4v) is 2.92. The van der Waals surface area contributed by atoms with Crippen LogP contribution in [-0.4, -0.2) is 44.8 Å². The summed E-state index contributed by atoms with van der Waals surface area (Å²) in [5.41, 5.74) is 4.79. The topological polar surface area (TPSA) is 115 Å². The molecule has 0 aromatic heterocycles. The highest BCUT2D eigenvalue weighted by atomic mass is 16.6. The molecule has 0 heterocycles. The van der Waals surface area contributed by atoms with Crippen LogP contribution in [0, 0.1) is 6.92 Å². The number of amides is 2. The zero-order valence-electron chi connectivity index (χ0n) is 19.5. The van der Waals surface area contributed by atoms with Crippen molar-refractivity contribution in [2.45, 2.75) is 6.92 Å². The predicted octanol–water partition coefficient (Wildman–Crippen LogP) is 3.11. The van der Waals surface area contributed by atoms with E-state index in [1.54, 1.807) is 54.6 Å². The zero-order chi connectivity index (χ0) is 25.2. The fraction of sp³-hybridized carbons (Fsp3) is 0.154. The van der Waals surface area contributed by atoms with Gasteiger partial charge in [-0.2, -0.15) is 5.10 Å². The predicted molar refractivity (Wildman–Crippen MR) is 130 cm³/mol. The molecule has 35 heavy (non-hydrogen) atoms. The van der Waals surface area contributed by atoms with Gasteiger partial charge in [-0.05, 0) is 67.1 Å². The molecular formula is C26H25N3O6. The molecule has 180 valence electrons. The molecule has 0 saturated carbocycles. The first-order chi connectivity index (χ1) is 16.9. The summed E-state index contributed by atoms with van der Waals surface area (Å²) in [5.74, 6) is -0.199. The minimum atomic E-state index is -0.506. The van der Waals surface area contributed by atoms with Gasteiger partial charge in [0.1, 0.15) is 5.75 Å². The molecule has 0 bridgehead atoms. The summed E-state index contributed by atoms with van der Waals surface area (Å²) in [5, 5.41) is 6.39. The van der Waals surface area contributed by atoms with E-state index in [2.05, 4.69) is 15.8 Å². The number of esters is 1. The average molecular weight is 476 g/mol. The largest absolute Gasteiger partial charge is 0.497 e. The van der Waals surface area contributed by atoms with Gasteiger partial charge in [-0.1, -0.05) is 17.7 Å². The molecule has 9 nitrogen and oxygen atoms in total. The first-order valence-corrected chi connectivity index (χ1v) is 10.6. The van der Waals surface area contributed by atoms with E-state index >= 15 is 0 Å². The Bertz CT molecular complexity index is 1220. The molecule has 2 amide bonds. The van der Waals surface area contributed by atoms with Crippen LogP contribution in [0.15, 0.2) is 71.8 Å². The van der Waals surface area contributed by atoms with E-state index in [4.69, 9.17) is 14.2 Å². The van der Waals surface area contributed by atoms with E-state index in [9.17, 15) is 14.4 Å². The smallest absolute Gasteiger partial charge is 0.343 e. The third-order valence-electron chi connectivity index (χ3n) is 4.84. The molecule has 0 aliphatic carbocycles. The summed E-state index contributed by atoms with van der Waals surface area (Å²) >= 11 is 0. The van der Waals surface area contributed by atoms with Crippen molar-refractivity contribution in [3.05, 3.63) is 89.0 Å². The van der Waals surface area contributed by atoms with Crippen LogP contribution >= 0.6 is 0 Å². The van der Waals surface area contributed by atoms with Crippen LogP contribution < -0.4 is 25.0 Å². The van der Waals surface area contributed by atoms with Crippen molar-refractivity contribution in [3.8, 4) is 17.2 Å². The van der Waals surface area contributed by atoms with Gasteiger partial charge in [0.25, 0.3) is 11.8 Å². The van der Waals surface area contributed by atoms with Gasteiger partial charge in [-0.3, -0.25) is 9.59 Å². The standard InChI is InChI=1S/C26H25N3O6/c1-17-4-7-20(8-5-17)26(32)35-22-13-6-18(14-23(22)34-3)15-28-29-24(30)16-27-25(31)19-9-11-21(33-2)12-10-19/h4-15H,16H2,1-3H3,(H,27,31)(H,29,30). The Morgan fingerprint density at radius 2 is 1.54 bits per heavy atom. The number of nitrogens with zero attached hydrogens (tertiary/aromatic N) is 1. The van der Waals surface area contributed by atoms with Crippen LogP contribution in [0.4, 0.5) is 0 Å². The molecule has 0 saturated heterocycles. The van der Waals surface area contributed by atoms with Crippen molar-refractivity contribution in [1.82, 2.24) is 10.7 Å². The number of methoxy groups -OCH3 is 2.